The number of rotatable bonds is 3. The standard InChI is InChI=1S/C15H23F2N5.2ClH/c1-21(2)14-19-12(10-7-11(18)8-10)9-13(20-14)22-5-3-15(16,17)4-6-22;;/h9-11H,3-8,18H2,1-2H3;2*1H. The van der Waals surface area contributed by atoms with Crippen molar-refractivity contribution < 1.29 is 8.78 Å². The van der Waals surface area contributed by atoms with Crippen LogP contribution in [0.5, 0.6) is 0 Å². The molecule has 0 unspecified atom stereocenters. The molecule has 1 aliphatic carbocycles. The molecule has 0 radical (unpaired) electrons. The Bertz CT molecular complexity index is 543. The summed E-state index contributed by atoms with van der Waals surface area (Å²) in [6, 6.07) is 2.20. The van der Waals surface area contributed by atoms with E-state index < -0.39 is 5.92 Å². The van der Waals surface area contributed by atoms with E-state index in [0.29, 0.717) is 25.0 Å². The van der Waals surface area contributed by atoms with Crippen molar-refractivity contribution in [3.05, 3.63) is 11.8 Å². The highest BCUT2D eigenvalue weighted by Crippen LogP contribution is 2.37. The zero-order valence-electron chi connectivity index (χ0n) is 13.9. The van der Waals surface area contributed by atoms with Gasteiger partial charge in [0.1, 0.15) is 5.82 Å². The summed E-state index contributed by atoms with van der Waals surface area (Å²) < 4.78 is 26.7. The van der Waals surface area contributed by atoms with Gasteiger partial charge in [-0.3, -0.25) is 0 Å². The van der Waals surface area contributed by atoms with Gasteiger partial charge >= 0.3 is 0 Å². The summed E-state index contributed by atoms with van der Waals surface area (Å²) in [5, 5.41) is 0. The van der Waals surface area contributed by atoms with Gasteiger partial charge in [-0.15, -0.1) is 24.8 Å². The highest BCUT2D eigenvalue weighted by atomic mass is 35.5. The van der Waals surface area contributed by atoms with Crippen molar-refractivity contribution in [2.45, 2.75) is 43.6 Å². The number of halogens is 4. The van der Waals surface area contributed by atoms with E-state index in [4.69, 9.17) is 5.73 Å². The van der Waals surface area contributed by atoms with Gasteiger partial charge in [-0.25, -0.2) is 13.8 Å². The van der Waals surface area contributed by atoms with Gasteiger partial charge < -0.3 is 15.5 Å². The Morgan fingerprint density at radius 2 is 1.75 bits per heavy atom. The molecule has 1 saturated heterocycles. The second-order valence-electron chi connectivity index (χ2n) is 6.62. The van der Waals surface area contributed by atoms with E-state index in [2.05, 4.69) is 9.97 Å². The van der Waals surface area contributed by atoms with Crippen LogP contribution in [0.1, 0.15) is 37.3 Å². The van der Waals surface area contributed by atoms with Gasteiger partial charge in [0.2, 0.25) is 5.95 Å². The van der Waals surface area contributed by atoms with E-state index >= 15 is 0 Å². The number of piperidine rings is 1. The van der Waals surface area contributed by atoms with E-state index in [9.17, 15) is 8.78 Å². The zero-order valence-corrected chi connectivity index (χ0v) is 15.5. The summed E-state index contributed by atoms with van der Waals surface area (Å²) in [5.41, 5.74) is 6.85. The molecule has 2 aliphatic rings. The third-order valence-electron chi connectivity index (χ3n) is 4.53. The fourth-order valence-electron chi connectivity index (χ4n) is 2.98. The SMILES string of the molecule is CN(C)c1nc(C2CC(N)C2)cc(N2CCC(F)(F)CC2)n1.Cl.Cl. The van der Waals surface area contributed by atoms with Crippen LogP contribution in [-0.2, 0) is 0 Å². The summed E-state index contributed by atoms with van der Waals surface area (Å²) in [7, 11) is 3.78. The molecule has 0 bridgehead atoms. The molecule has 0 amide bonds. The van der Waals surface area contributed by atoms with Gasteiger partial charge in [0.15, 0.2) is 0 Å². The maximum Gasteiger partial charge on any atom is 0.251 e. The van der Waals surface area contributed by atoms with Gasteiger partial charge in [0.25, 0.3) is 5.92 Å². The molecule has 1 saturated carbocycles. The van der Waals surface area contributed by atoms with Gasteiger partial charge in [0, 0.05) is 58.1 Å². The molecule has 2 heterocycles. The Kier molecular flexibility index (Phi) is 7.02. The Morgan fingerprint density at radius 3 is 2.25 bits per heavy atom. The molecule has 24 heavy (non-hydrogen) atoms. The van der Waals surface area contributed by atoms with Crippen molar-refractivity contribution >= 4 is 36.6 Å². The predicted octanol–water partition coefficient (Wildman–Crippen LogP) is 2.83. The van der Waals surface area contributed by atoms with E-state index in [1.54, 1.807) is 0 Å². The minimum Gasteiger partial charge on any atom is -0.356 e. The molecule has 0 spiro atoms. The first-order chi connectivity index (χ1) is 10.3. The molecule has 0 atom stereocenters. The van der Waals surface area contributed by atoms with Gasteiger partial charge in [-0.2, -0.15) is 4.98 Å². The Morgan fingerprint density at radius 1 is 1.17 bits per heavy atom. The maximum atomic E-state index is 13.3. The number of nitrogens with two attached hydrogens (primary N) is 1. The molecule has 0 aromatic carbocycles. The lowest BCUT2D eigenvalue weighted by atomic mass is 9.78. The summed E-state index contributed by atoms with van der Waals surface area (Å²) in [6.45, 7) is 0.668. The summed E-state index contributed by atoms with van der Waals surface area (Å²) in [6.07, 6.45) is 1.64. The normalized spacial score (nSPS) is 25.1. The largest absolute Gasteiger partial charge is 0.356 e. The monoisotopic (exact) mass is 383 g/mol. The first-order valence-corrected chi connectivity index (χ1v) is 7.79. The lowest BCUT2D eigenvalue weighted by Gasteiger charge is -2.35. The fourth-order valence-corrected chi connectivity index (χ4v) is 2.98. The lowest BCUT2D eigenvalue weighted by Crippen LogP contribution is -2.40. The van der Waals surface area contributed by atoms with E-state index in [0.717, 1.165) is 24.4 Å². The zero-order chi connectivity index (χ0) is 15.9. The number of hydrogen-bond acceptors (Lipinski definition) is 5. The predicted molar refractivity (Wildman–Crippen MR) is 97.2 cm³/mol. The van der Waals surface area contributed by atoms with E-state index in [1.807, 2.05) is 30.0 Å². The second kappa shape index (κ2) is 7.97. The van der Waals surface area contributed by atoms with Crippen LogP contribution in [0.2, 0.25) is 0 Å². The van der Waals surface area contributed by atoms with E-state index in [1.165, 1.54) is 0 Å². The van der Waals surface area contributed by atoms with Crippen LogP contribution in [-0.4, -0.2) is 49.1 Å². The van der Waals surface area contributed by atoms with Crippen molar-refractivity contribution in [3.63, 3.8) is 0 Å². The topological polar surface area (TPSA) is 58.3 Å². The van der Waals surface area contributed by atoms with Gasteiger partial charge in [-0.05, 0) is 12.8 Å². The molecular weight excluding hydrogens is 359 g/mol. The van der Waals surface area contributed by atoms with Crippen LogP contribution in [0.4, 0.5) is 20.5 Å². The minimum absolute atomic E-state index is 0. The van der Waals surface area contributed by atoms with Gasteiger partial charge in [-0.1, -0.05) is 0 Å². The molecule has 3 rings (SSSR count). The van der Waals surface area contributed by atoms with Crippen molar-refractivity contribution in [1.82, 2.24) is 9.97 Å². The maximum absolute atomic E-state index is 13.3. The molecular formula is C15H25Cl2F2N5. The highest BCUT2D eigenvalue weighted by Gasteiger charge is 2.35. The van der Waals surface area contributed by atoms with Crippen molar-refractivity contribution in [2.24, 2.45) is 5.73 Å². The van der Waals surface area contributed by atoms with Gasteiger partial charge in [0.05, 0.1) is 5.69 Å². The van der Waals surface area contributed by atoms with Crippen LogP contribution in [0.15, 0.2) is 6.07 Å². The van der Waals surface area contributed by atoms with Crippen LogP contribution in [0, 0.1) is 0 Å². The van der Waals surface area contributed by atoms with Crippen molar-refractivity contribution in [1.29, 1.82) is 0 Å². The number of nitrogens with zero attached hydrogens (tertiary/aromatic N) is 4. The van der Waals surface area contributed by atoms with Crippen LogP contribution >= 0.6 is 24.8 Å². The number of aromatic nitrogens is 2. The summed E-state index contributed by atoms with van der Waals surface area (Å²) in [5.74, 6) is -0.797. The molecule has 1 aromatic rings. The van der Waals surface area contributed by atoms with Crippen LogP contribution in [0.3, 0.4) is 0 Å². The molecule has 9 heteroatoms. The first kappa shape index (κ1) is 21.1. The van der Waals surface area contributed by atoms with Crippen LogP contribution < -0.4 is 15.5 Å². The molecule has 5 nitrogen and oxygen atoms in total. The quantitative estimate of drug-likeness (QED) is 0.869. The minimum atomic E-state index is -2.54. The van der Waals surface area contributed by atoms with E-state index in [-0.39, 0.29) is 43.7 Å². The van der Waals surface area contributed by atoms with Crippen LogP contribution in [0.25, 0.3) is 0 Å². The first-order valence-electron chi connectivity index (χ1n) is 7.79. The third-order valence-corrected chi connectivity index (χ3v) is 4.53. The number of hydrogen-bond donors (Lipinski definition) is 1. The Labute approximate surface area is 153 Å². The second-order valence-corrected chi connectivity index (χ2v) is 6.62. The molecule has 1 aromatic heterocycles. The summed E-state index contributed by atoms with van der Waals surface area (Å²) in [4.78, 5) is 12.9. The average Bonchev–Trinajstić information content (AvgIpc) is 2.43. The summed E-state index contributed by atoms with van der Waals surface area (Å²) >= 11 is 0. The smallest absolute Gasteiger partial charge is 0.251 e. The lowest BCUT2D eigenvalue weighted by molar-refractivity contribution is -0.0221. The Hall–Kier alpha value is -0.920. The number of anilines is 2. The molecule has 2 N–H and O–H groups in total. The number of alkyl halides is 2. The molecule has 2 fully saturated rings. The average molecular weight is 384 g/mol. The Balaban J connectivity index is 0.00000144. The van der Waals surface area contributed by atoms with Crippen molar-refractivity contribution in [3.8, 4) is 0 Å². The van der Waals surface area contributed by atoms with Crippen molar-refractivity contribution in [2.75, 3.05) is 37.0 Å². The molecule has 138 valence electrons. The molecule has 1 aliphatic heterocycles. The third kappa shape index (κ3) is 4.58. The fraction of sp³-hybridized carbons (Fsp3) is 0.733. The highest BCUT2D eigenvalue weighted by molar-refractivity contribution is 5.85.